The third kappa shape index (κ3) is 4.14. The Balaban J connectivity index is 2.85. The molecule has 1 heterocycles. The van der Waals surface area contributed by atoms with Gasteiger partial charge in [-0.25, -0.2) is 22.2 Å². The summed E-state index contributed by atoms with van der Waals surface area (Å²) in [6.45, 7) is 1.54. The molecule has 1 rings (SSSR count). The van der Waals surface area contributed by atoms with Crippen LogP contribution in [0.15, 0.2) is 6.07 Å². The topological polar surface area (TPSA) is 85.1 Å². The van der Waals surface area contributed by atoms with E-state index in [1.165, 1.54) is 0 Å². The number of nitrogens with one attached hydrogen (secondary N) is 1. The fraction of sp³-hybridized carbons (Fsp3) is 0.444. The molecule has 1 aromatic rings. The van der Waals surface area contributed by atoms with Gasteiger partial charge in [-0.15, -0.1) is 0 Å². The van der Waals surface area contributed by atoms with Crippen molar-refractivity contribution in [3.8, 4) is 0 Å². The maximum atomic E-state index is 13.3. The number of anilines is 2. The highest BCUT2D eigenvalue weighted by atomic mass is 32.2. The van der Waals surface area contributed by atoms with Crippen LogP contribution in [-0.4, -0.2) is 31.5 Å². The molecule has 0 amide bonds. The van der Waals surface area contributed by atoms with Crippen LogP contribution >= 0.6 is 0 Å². The van der Waals surface area contributed by atoms with E-state index in [1.807, 2.05) is 0 Å². The Morgan fingerprint density at radius 3 is 2.59 bits per heavy atom. The van der Waals surface area contributed by atoms with Crippen LogP contribution in [0.5, 0.6) is 0 Å². The molecule has 0 fully saturated rings. The van der Waals surface area contributed by atoms with E-state index in [1.54, 1.807) is 6.92 Å². The van der Waals surface area contributed by atoms with Gasteiger partial charge in [0.15, 0.2) is 23.3 Å². The highest BCUT2D eigenvalue weighted by molar-refractivity contribution is 7.90. The Labute approximate surface area is 98.0 Å². The Kier molecular flexibility index (Phi) is 3.87. The summed E-state index contributed by atoms with van der Waals surface area (Å²) in [6.07, 6.45) is 1.06. The van der Waals surface area contributed by atoms with Crippen molar-refractivity contribution in [1.82, 2.24) is 4.98 Å². The van der Waals surface area contributed by atoms with E-state index in [0.717, 1.165) is 6.26 Å². The van der Waals surface area contributed by atoms with Crippen molar-refractivity contribution in [3.63, 3.8) is 0 Å². The van der Waals surface area contributed by atoms with Gasteiger partial charge in [0.1, 0.15) is 9.84 Å². The lowest BCUT2D eigenvalue weighted by atomic mass is 10.3. The van der Waals surface area contributed by atoms with Crippen molar-refractivity contribution in [2.75, 3.05) is 23.1 Å². The molecule has 0 spiro atoms. The molecule has 0 radical (unpaired) electrons. The average molecular weight is 265 g/mol. The quantitative estimate of drug-likeness (QED) is 0.840. The lowest BCUT2D eigenvalue weighted by Crippen LogP contribution is -2.26. The van der Waals surface area contributed by atoms with E-state index >= 15 is 0 Å². The number of pyridine rings is 1. The third-order valence-corrected chi connectivity index (χ3v) is 3.00. The van der Waals surface area contributed by atoms with Gasteiger partial charge in [-0.1, -0.05) is 0 Å². The summed E-state index contributed by atoms with van der Waals surface area (Å²) in [6, 6.07) is 0.0366. The maximum Gasteiger partial charge on any atom is 0.168 e. The van der Waals surface area contributed by atoms with E-state index in [2.05, 4.69) is 10.3 Å². The van der Waals surface area contributed by atoms with Crippen molar-refractivity contribution in [2.24, 2.45) is 0 Å². The molecule has 0 aliphatic rings. The van der Waals surface area contributed by atoms with Crippen LogP contribution in [0.4, 0.5) is 20.4 Å². The van der Waals surface area contributed by atoms with Crippen molar-refractivity contribution in [2.45, 2.75) is 13.0 Å². The molecule has 5 nitrogen and oxygen atoms in total. The molecule has 3 N–H and O–H groups in total. The van der Waals surface area contributed by atoms with Crippen LogP contribution < -0.4 is 11.1 Å². The molecule has 1 aromatic heterocycles. The van der Waals surface area contributed by atoms with E-state index < -0.39 is 33.3 Å². The fourth-order valence-electron chi connectivity index (χ4n) is 1.31. The zero-order valence-electron chi connectivity index (χ0n) is 9.37. The van der Waals surface area contributed by atoms with Crippen LogP contribution in [0.3, 0.4) is 0 Å². The highest BCUT2D eigenvalue weighted by Gasteiger charge is 2.15. The molecule has 17 heavy (non-hydrogen) atoms. The van der Waals surface area contributed by atoms with Crippen LogP contribution in [-0.2, 0) is 9.84 Å². The van der Waals surface area contributed by atoms with Crippen LogP contribution in [0.25, 0.3) is 0 Å². The molecule has 0 saturated heterocycles. The first-order chi connectivity index (χ1) is 7.69. The van der Waals surface area contributed by atoms with Gasteiger partial charge in [0.05, 0.1) is 5.75 Å². The fourth-order valence-corrected chi connectivity index (χ4v) is 2.30. The van der Waals surface area contributed by atoms with Gasteiger partial charge in [-0.3, -0.25) is 0 Å². The predicted molar refractivity (Wildman–Crippen MR) is 61.4 cm³/mol. The number of hydrogen-bond acceptors (Lipinski definition) is 5. The summed E-state index contributed by atoms with van der Waals surface area (Å²) in [5, 5.41) is 2.52. The number of nitrogens with zero attached hydrogens (tertiary/aromatic N) is 1. The molecule has 0 aliphatic carbocycles. The minimum Gasteiger partial charge on any atom is -0.381 e. The zero-order chi connectivity index (χ0) is 13.2. The van der Waals surface area contributed by atoms with E-state index in [9.17, 15) is 17.2 Å². The lowest BCUT2D eigenvalue weighted by molar-refractivity contribution is 0.576. The molecule has 1 unspecified atom stereocenters. The number of aromatic nitrogens is 1. The van der Waals surface area contributed by atoms with Crippen molar-refractivity contribution >= 4 is 21.5 Å². The molecule has 0 bridgehead atoms. The number of halogens is 2. The predicted octanol–water partition coefficient (Wildman–Crippen LogP) is 0.787. The Morgan fingerprint density at radius 1 is 1.47 bits per heavy atom. The lowest BCUT2D eigenvalue weighted by Gasteiger charge is -2.14. The van der Waals surface area contributed by atoms with Gasteiger partial charge < -0.3 is 11.1 Å². The second-order valence-electron chi connectivity index (χ2n) is 3.82. The van der Waals surface area contributed by atoms with Crippen LogP contribution in [0, 0.1) is 11.6 Å². The van der Waals surface area contributed by atoms with E-state index in [4.69, 9.17) is 5.73 Å². The second-order valence-corrected chi connectivity index (χ2v) is 6.01. The number of nitrogens with two attached hydrogens (primary N) is 1. The normalized spacial score (nSPS) is 13.4. The van der Waals surface area contributed by atoms with Crippen LogP contribution in [0.1, 0.15) is 6.92 Å². The van der Waals surface area contributed by atoms with Gasteiger partial charge in [0.2, 0.25) is 0 Å². The molecule has 0 aromatic carbocycles. The van der Waals surface area contributed by atoms with Crippen molar-refractivity contribution in [1.29, 1.82) is 0 Å². The van der Waals surface area contributed by atoms with Crippen LogP contribution in [0.2, 0.25) is 0 Å². The Bertz CT molecular complexity index is 519. The van der Waals surface area contributed by atoms with E-state index in [0.29, 0.717) is 6.07 Å². The summed E-state index contributed by atoms with van der Waals surface area (Å²) >= 11 is 0. The molecular formula is C9H13F2N3O2S. The minimum absolute atomic E-state index is 0.189. The molecule has 96 valence electrons. The minimum atomic E-state index is -3.19. The first kappa shape index (κ1) is 13.6. The van der Waals surface area contributed by atoms with Gasteiger partial charge in [-0.05, 0) is 6.92 Å². The molecular weight excluding hydrogens is 252 g/mol. The van der Waals surface area contributed by atoms with Crippen molar-refractivity contribution < 1.29 is 17.2 Å². The highest BCUT2D eigenvalue weighted by Crippen LogP contribution is 2.17. The van der Waals surface area contributed by atoms with Gasteiger partial charge >= 0.3 is 0 Å². The average Bonchev–Trinajstić information content (AvgIpc) is 2.11. The SMILES string of the molecule is CC(CS(C)(=O)=O)Nc1nc(N)c(F)cc1F. The monoisotopic (exact) mass is 265 g/mol. The maximum absolute atomic E-state index is 13.3. The van der Waals surface area contributed by atoms with Gasteiger partial charge in [-0.2, -0.15) is 0 Å². The third-order valence-electron chi connectivity index (χ3n) is 1.89. The van der Waals surface area contributed by atoms with Gasteiger partial charge in [0, 0.05) is 18.4 Å². The molecule has 0 aliphatic heterocycles. The smallest absolute Gasteiger partial charge is 0.168 e. The zero-order valence-corrected chi connectivity index (χ0v) is 10.2. The van der Waals surface area contributed by atoms with Gasteiger partial charge in [0.25, 0.3) is 0 Å². The Morgan fingerprint density at radius 2 is 2.06 bits per heavy atom. The molecule has 1 atom stereocenters. The summed E-state index contributed by atoms with van der Waals surface area (Å²) in [4.78, 5) is 3.46. The summed E-state index contributed by atoms with van der Waals surface area (Å²) in [5.74, 6) is -2.77. The summed E-state index contributed by atoms with van der Waals surface area (Å²) in [5.41, 5.74) is 5.18. The van der Waals surface area contributed by atoms with Crippen molar-refractivity contribution in [3.05, 3.63) is 17.7 Å². The first-order valence-corrected chi connectivity index (χ1v) is 6.81. The summed E-state index contributed by atoms with van der Waals surface area (Å²) < 4.78 is 48.1. The number of nitrogen functional groups attached to an aromatic ring is 1. The number of hydrogen-bond donors (Lipinski definition) is 2. The standard InChI is InChI=1S/C9H13F2N3O2S/c1-5(4-17(2,15)16)13-9-7(11)3-6(10)8(12)14-9/h3,5H,4H2,1-2H3,(H3,12,13,14). The number of rotatable bonds is 4. The summed E-state index contributed by atoms with van der Waals surface area (Å²) in [7, 11) is -3.19. The molecule has 8 heteroatoms. The largest absolute Gasteiger partial charge is 0.381 e. The first-order valence-electron chi connectivity index (χ1n) is 4.75. The second kappa shape index (κ2) is 4.82. The van der Waals surface area contributed by atoms with E-state index in [-0.39, 0.29) is 11.6 Å². The molecule has 0 saturated carbocycles. The number of sulfone groups is 1. The Hall–Kier alpha value is -1.44.